The Labute approximate surface area is 191 Å². The van der Waals surface area contributed by atoms with E-state index in [1.54, 1.807) is 0 Å². The van der Waals surface area contributed by atoms with Crippen molar-refractivity contribution in [2.45, 2.75) is 42.1 Å². The van der Waals surface area contributed by atoms with Gasteiger partial charge in [-0.1, -0.05) is 65.8 Å². The van der Waals surface area contributed by atoms with Crippen molar-refractivity contribution >= 4 is 35.2 Å². The molecule has 31 heavy (non-hydrogen) atoms. The van der Waals surface area contributed by atoms with Crippen LogP contribution >= 0.6 is 23.4 Å². The summed E-state index contributed by atoms with van der Waals surface area (Å²) in [4.78, 5) is 15.4. The number of amides is 1. The van der Waals surface area contributed by atoms with E-state index >= 15 is 0 Å². The van der Waals surface area contributed by atoms with E-state index in [0.717, 1.165) is 56.0 Å². The Kier molecular flexibility index (Phi) is 5.87. The lowest BCUT2D eigenvalue weighted by Crippen LogP contribution is -2.30. The first-order valence-corrected chi connectivity index (χ1v) is 11.9. The Bertz CT molecular complexity index is 1060. The van der Waals surface area contributed by atoms with Crippen molar-refractivity contribution < 1.29 is 4.79 Å². The van der Waals surface area contributed by atoms with E-state index in [2.05, 4.69) is 20.4 Å². The maximum absolute atomic E-state index is 13.2. The minimum atomic E-state index is -0.418. The summed E-state index contributed by atoms with van der Waals surface area (Å²) in [5, 5.41) is 13.1. The lowest BCUT2D eigenvalue weighted by molar-refractivity contribution is -0.120. The average Bonchev–Trinajstić information content (AvgIpc) is 3.26. The number of para-hydroxylation sites is 1. The van der Waals surface area contributed by atoms with Gasteiger partial charge in [-0.25, -0.2) is 0 Å². The Hall–Kier alpha value is -2.51. The summed E-state index contributed by atoms with van der Waals surface area (Å²) >= 11 is 8.00. The Balaban J connectivity index is 1.55. The molecule has 1 aromatic heterocycles. The molecule has 0 radical (unpaired) electrons. The number of rotatable bonds is 7. The third kappa shape index (κ3) is 4.43. The first-order valence-electron chi connectivity index (χ1n) is 10.7. The average molecular weight is 454 g/mol. The number of anilines is 1. The topological polar surface area (TPSA) is 63.1 Å². The second-order valence-electron chi connectivity index (χ2n) is 7.95. The Morgan fingerprint density at radius 1 is 1.03 bits per heavy atom. The molecule has 1 aliphatic carbocycles. The van der Waals surface area contributed by atoms with Crippen LogP contribution in [0.4, 0.5) is 5.95 Å². The molecule has 1 unspecified atom stereocenters. The van der Waals surface area contributed by atoms with Crippen molar-refractivity contribution in [3.8, 4) is 5.69 Å². The molecule has 1 saturated carbocycles. The molecule has 2 aromatic carbocycles. The molecule has 0 spiro atoms. The van der Waals surface area contributed by atoms with Crippen molar-refractivity contribution in [3.05, 3.63) is 65.2 Å². The normalized spacial score (nSPS) is 17.0. The molecule has 160 valence electrons. The van der Waals surface area contributed by atoms with Crippen molar-refractivity contribution in [1.29, 1.82) is 0 Å². The van der Waals surface area contributed by atoms with Gasteiger partial charge in [0.1, 0.15) is 5.25 Å². The van der Waals surface area contributed by atoms with Gasteiger partial charge in [0.25, 0.3) is 0 Å². The highest BCUT2D eigenvalue weighted by molar-refractivity contribution is 8.00. The number of carbonyl (C=O) groups is 1. The van der Waals surface area contributed by atoms with Gasteiger partial charge < -0.3 is 10.2 Å². The molecular weight excluding hydrogens is 430 g/mol. The van der Waals surface area contributed by atoms with Gasteiger partial charge in [-0.05, 0) is 43.4 Å². The van der Waals surface area contributed by atoms with E-state index in [9.17, 15) is 4.79 Å². The molecule has 2 heterocycles. The molecule has 6 nitrogen and oxygen atoms in total. The second-order valence-corrected chi connectivity index (χ2v) is 9.43. The van der Waals surface area contributed by atoms with Crippen LogP contribution in [-0.4, -0.2) is 39.8 Å². The van der Waals surface area contributed by atoms with E-state index < -0.39 is 5.25 Å². The fraction of sp³-hybridized carbons (Fsp3) is 0.348. The first-order chi connectivity index (χ1) is 15.2. The summed E-state index contributed by atoms with van der Waals surface area (Å²) in [7, 11) is 0. The monoisotopic (exact) mass is 453 g/mol. The molecule has 2 aliphatic rings. The zero-order valence-electron chi connectivity index (χ0n) is 17.1. The van der Waals surface area contributed by atoms with Crippen molar-refractivity contribution in [3.63, 3.8) is 0 Å². The molecule has 5 rings (SSSR count). The quantitative estimate of drug-likeness (QED) is 0.528. The maximum atomic E-state index is 13.2. The molecular formula is C23H24ClN5OS. The summed E-state index contributed by atoms with van der Waals surface area (Å²) in [5.74, 6) is 0.789. The van der Waals surface area contributed by atoms with Gasteiger partial charge in [-0.3, -0.25) is 9.36 Å². The molecule has 1 saturated heterocycles. The number of nitrogens with zero attached hydrogens (tertiary/aromatic N) is 4. The van der Waals surface area contributed by atoms with E-state index in [1.807, 2.05) is 59.2 Å². The van der Waals surface area contributed by atoms with Crippen LogP contribution in [0.2, 0.25) is 5.02 Å². The van der Waals surface area contributed by atoms with Crippen LogP contribution in [0.1, 0.15) is 36.5 Å². The van der Waals surface area contributed by atoms with E-state index in [4.69, 9.17) is 11.6 Å². The Morgan fingerprint density at radius 2 is 1.74 bits per heavy atom. The molecule has 3 aromatic rings. The minimum absolute atomic E-state index is 0.00938. The number of carbonyl (C=O) groups excluding carboxylic acids is 1. The molecule has 2 fully saturated rings. The smallest absolute Gasteiger partial charge is 0.238 e. The molecule has 1 N–H and O–H groups in total. The number of aromatic nitrogens is 3. The number of hydrogen-bond acceptors (Lipinski definition) is 5. The van der Waals surface area contributed by atoms with Gasteiger partial charge in [0.05, 0.1) is 10.7 Å². The minimum Gasteiger partial charge on any atom is -0.352 e. The lowest BCUT2D eigenvalue weighted by atomic mass is 10.1. The summed E-state index contributed by atoms with van der Waals surface area (Å²) in [6.07, 6.45) is 4.36. The van der Waals surface area contributed by atoms with Crippen molar-refractivity contribution in [1.82, 2.24) is 20.1 Å². The zero-order valence-corrected chi connectivity index (χ0v) is 18.6. The fourth-order valence-electron chi connectivity index (χ4n) is 3.82. The van der Waals surface area contributed by atoms with Gasteiger partial charge in [-0.2, -0.15) is 0 Å². The third-order valence-corrected chi connectivity index (χ3v) is 7.10. The predicted octanol–water partition coefficient (Wildman–Crippen LogP) is 4.63. The van der Waals surface area contributed by atoms with Crippen LogP contribution in [0.3, 0.4) is 0 Å². The number of halogens is 1. The highest BCUT2D eigenvalue weighted by Crippen LogP contribution is 2.39. The molecule has 0 bridgehead atoms. The number of thioether (sulfide) groups is 1. The van der Waals surface area contributed by atoms with Crippen molar-refractivity contribution in [2.24, 2.45) is 0 Å². The van der Waals surface area contributed by atoms with Crippen LogP contribution < -0.4 is 10.2 Å². The Morgan fingerprint density at radius 3 is 2.45 bits per heavy atom. The molecule has 1 amide bonds. The first kappa shape index (κ1) is 20.4. The molecule has 1 aliphatic heterocycles. The maximum Gasteiger partial charge on any atom is 0.238 e. The fourth-order valence-corrected chi connectivity index (χ4v) is 5.09. The zero-order chi connectivity index (χ0) is 21.2. The number of nitrogens with one attached hydrogen (secondary N) is 1. The standard InChI is InChI=1S/C23H24ClN5OS/c24-18-10-4-5-11-19(18)29-22(28-14-6-7-15-28)26-27-23(29)31-20(16-8-2-1-3-9-16)21(30)25-17-12-13-17/h1-5,8-11,17,20H,6-7,12-15H2,(H,25,30). The summed E-state index contributed by atoms with van der Waals surface area (Å²) < 4.78 is 2.00. The summed E-state index contributed by atoms with van der Waals surface area (Å²) in [6, 6.07) is 17.9. The van der Waals surface area contributed by atoms with E-state index in [-0.39, 0.29) is 5.91 Å². The molecule has 8 heteroatoms. The van der Waals surface area contributed by atoms with Crippen LogP contribution in [0.15, 0.2) is 59.8 Å². The van der Waals surface area contributed by atoms with E-state index in [1.165, 1.54) is 11.8 Å². The van der Waals surface area contributed by atoms with Crippen LogP contribution in [0, 0.1) is 0 Å². The summed E-state index contributed by atoms with van der Waals surface area (Å²) in [6.45, 7) is 1.88. The van der Waals surface area contributed by atoms with Gasteiger partial charge >= 0.3 is 0 Å². The lowest BCUT2D eigenvalue weighted by Gasteiger charge is -2.21. The van der Waals surface area contributed by atoms with Crippen LogP contribution in [0.5, 0.6) is 0 Å². The predicted molar refractivity (Wildman–Crippen MR) is 124 cm³/mol. The van der Waals surface area contributed by atoms with Crippen molar-refractivity contribution in [2.75, 3.05) is 18.0 Å². The molecule has 1 atom stereocenters. The highest BCUT2D eigenvalue weighted by atomic mass is 35.5. The highest BCUT2D eigenvalue weighted by Gasteiger charge is 2.32. The van der Waals surface area contributed by atoms with Gasteiger partial charge in [0.2, 0.25) is 11.9 Å². The van der Waals surface area contributed by atoms with Gasteiger partial charge in [0, 0.05) is 19.1 Å². The van der Waals surface area contributed by atoms with Crippen LogP contribution in [-0.2, 0) is 4.79 Å². The second kappa shape index (κ2) is 8.93. The SMILES string of the molecule is O=C(NC1CC1)C(Sc1nnc(N2CCCC2)n1-c1ccccc1Cl)c1ccccc1. The number of hydrogen-bond donors (Lipinski definition) is 1. The van der Waals surface area contributed by atoms with Gasteiger partial charge in [0.15, 0.2) is 5.16 Å². The van der Waals surface area contributed by atoms with Gasteiger partial charge in [-0.15, -0.1) is 10.2 Å². The number of benzene rings is 2. The summed E-state index contributed by atoms with van der Waals surface area (Å²) in [5.41, 5.74) is 1.77. The largest absolute Gasteiger partial charge is 0.352 e. The van der Waals surface area contributed by atoms with E-state index in [0.29, 0.717) is 16.2 Å². The van der Waals surface area contributed by atoms with Crippen LogP contribution in [0.25, 0.3) is 5.69 Å². The third-order valence-electron chi connectivity index (χ3n) is 5.59.